The fourth-order valence-electron chi connectivity index (χ4n) is 3.43. The van der Waals surface area contributed by atoms with Crippen LogP contribution in [0.2, 0.25) is 0 Å². The van der Waals surface area contributed by atoms with Crippen molar-refractivity contribution in [2.45, 2.75) is 45.9 Å². The van der Waals surface area contributed by atoms with Crippen LogP contribution in [0, 0.1) is 19.8 Å². The Labute approximate surface area is 136 Å². The third-order valence-corrected chi connectivity index (χ3v) is 4.42. The van der Waals surface area contributed by atoms with Crippen LogP contribution in [0.4, 0.5) is 0 Å². The first-order valence-corrected chi connectivity index (χ1v) is 8.36. The summed E-state index contributed by atoms with van der Waals surface area (Å²) in [6.45, 7) is 8.17. The molecule has 2 aromatic heterocycles. The molecule has 1 fully saturated rings. The van der Waals surface area contributed by atoms with E-state index in [1.807, 2.05) is 30.8 Å². The van der Waals surface area contributed by atoms with Gasteiger partial charge in [-0.3, -0.25) is 4.68 Å². The summed E-state index contributed by atoms with van der Waals surface area (Å²) in [5, 5.41) is 18.9. The molecule has 3 heterocycles. The van der Waals surface area contributed by atoms with Crippen molar-refractivity contribution in [2.24, 2.45) is 5.92 Å². The number of aryl methyl sites for hydroxylation is 2. The number of aliphatic hydroxyl groups excluding tert-OH is 1. The first-order valence-electron chi connectivity index (χ1n) is 8.36. The lowest BCUT2D eigenvalue weighted by Crippen LogP contribution is -2.42. The van der Waals surface area contributed by atoms with Crippen molar-refractivity contribution >= 4 is 0 Å². The van der Waals surface area contributed by atoms with Gasteiger partial charge in [-0.05, 0) is 45.2 Å². The predicted octanol–water partition coefficient (Wildman–Crippen LogP) is 0.865. The quantitative estimate of drug-likeness (QED) is 0.855. The summed E-state index contributed by atoms with van der Waals surface area (Å²) < 4.78 is 3.80. The minimum atomic E-state index is -0.385. The number of piperidine rings is 1. The SMILES string of the molecule is Cc1nc(C)n(C[C@H]2CCCN(C[C@@H](O)Cn3cccn3)C2)n1. The average molecular weight is 318 g/mol. The second-order valence-corrected chi connectivity index (χ2v) is 6.54. The van der Waals surface area contributed by atoms with E-state index in [2.05, 4.69) is 20.1 Å². The zero-order chi connectivity index (χ0) is 16.2. The summed E-state index contributed by atoms with van der Waals surface area (Å²) in [6, 6.07) is 1.88. The topological polar surface area (TPSA) is 72.0 Å². The van der Waals surface area contributed by atoms with Crippen molar-refractivity contribution in [1.29, 1.82) is 0 Å². The Balaban J connectivity index is 1.50. The second-order valence-electron chi connectivity index (χ2n) is 6.54. The minimum absolute atomic E-state index is 0.385. The molecule has 1 aliphatic rings. The van der Waals surface area contributed by atoms with Gasteiger partial charge in [0.1, 0.15) is 11.6 Å². The molecule has 3 rings (SSSR count). The van der Waals surface area contributed by atoms with Crippen LogP contribution in [0.3, 0.4) is 0 Å². The molecule has 1 N–H and O–H groups in total. The lowest BCUT2D eigenvalue weighted by molar-refractivity contribution is 0.0680. The number of β-amino-alcohol motifs (C(OH)–C–C–N with tert-alkyl or cyclic N) is 1. The number of hydrogen-bond acceptors (Lipinski definition) is 5. The molecule has 0 spiro atoms. The van der Waals surface area contributed by atoms with E-state index in [1.54, 1.807) is 10.9 Å². The van der Waals surface area contributed by atoms with Gasteiger partial charge in [-0.2, -0.15) is 10.2 Å². The first-order chi connectivity index (χ1) is 11.1. The molecule has 126 valence electrons. The van der Waals surface area contributed by atoms with Crippen molar-refractivity contribution in [3.8, 4) is 0 Å². The Kier molecular flexibility index (Phi) is 5.07. The fraction of sp³-hybridized carbons (Fsp3) is 0.688. The van der Waals surface area contributed by atoms with E-state index in [4.69, 9.17) is 0 Å². The average Bonchev–Trinajstić information content (AvgIpc) is 3.09. The summed E-state index contributed by atoms with van der Waals surface area (Å²) in [5.74, 6) is 2.39. The molecule has 0 aliphatic carbocycles. The zero-order valence-electron chi connectivity index (χ0n) is 14.0. The molecule has 0 amide bonds. The number of likely N-dealkylation sites (tertiary alicyclic amines) is 1. The van der Waals surface area contributed by atoms with Gasteiger partial charge in [0.05, 0.1) is 12.6 Å². The molecule has 2 aromatic rings. The fourth-order valence-corrected chi connectivity index (χ4v) is 3.43. The molecule has 0 bridgehead atoms. The number of rotatable bonds is 6. The van der Waals surface area contributed by atoms with Crippen LogP contribution in [-0.2, 0) is 13.1 Å². The summed E-state index contributed by atoms with van der Waals surface area (Å²) >= 11 is 0. The maximum atomic E-state index is 10.3. The van der Waals surface area contributed by atoms with Crippen LogP contribution in [0.5, 0.6) is 0 Å². The van der Waals surface area contributed by atoms with Crippen LogP contribution < -0.4 is 0 Å². The number of hydrogen-bond donors (Lipinski definition) is 1. The maximum absolute atomic E-state index is 10.3. The molecule has 7 heteroatoms. The molecule has 2 atom stereocenters. The van der Waals surface area contributed by atoms with E-state index in [-0.39, 0.29) is 6.10 Å². The summed E-state index contributed by atoms with van der Waals surface area (Å²) in [6.07, 6.45) is 5.63. The highest BCUT2D eigenvalue weighted by Gasteiger charge is 2.23. The van der Waals surface area contributed by atoms with Crippen molar-refractivity contribution < 1.29 is 5.11 Å². The Bertz CT molecular complexity index is 608. The highest BCUT2D eigenvalue weighted by molar-refractivity contribution is 4.88. The van der Waals surface area contributed by atoms with E-state index in [9.17, 15) is 5.11 Å². The van der Waals surface area contributed by atoms with E-state index < -0.39 is 0 Å². The van der Waals surface area contributed by atoms with E-state index >= 15 is 0 Å². The summed E-state index contributed by atoms with van der Waals surface area (Å²) in [7, 11) is 0. The predicted molar refractivity (Wildman–Crippen MR) is 86.9 cm³/mol. The monoisotopic (exact) mass is 318 g/mol. The molecular formula is C16H26N6O. The van der Waals surface area contributed by atoms with Crippen molar-refractivity contribution in [3.05, 3.63) is 30.1 Å². The van der Waals surface area contributed by atoms with E-state index in [0.717, 1.165) is 31.3 Å². The van der Waals surface area contributed by atoms with E-state index in [1.165, 1.54) is 12.8 Å². The largest absolute Gasteiger partial charge is 0.390 e. The normalized spacial score (nSPS) is 20.7. The number of nitrogens with zero attached hydrogens (tertiary/aromatic N) is 6. The van der Waals surface area contributed by atoms with Crippen molar-refractivity contribution in [3.63, 3.8) is 0 Å². The van der Waals surface area contributed by atoms with Gasteiger partial charge in [0.15, 0.2) is 0 Å². The second kappa shape index (κ2) is 7.23. The van der Waals surface area contributed by atoms with Crippen LogP contribution in [0.1, 0.15) is 24.5 Å². The molecule has 1 aliphatic heterocycles. The van der Waals surface area contributed by atoms with Gasteiger partial charge >= 0.3 is 0 Å². The zero-order valence-corrected chi connectivity index (χ0v) is 14.0. The van der Waals surface area contributed by atoms with Crippen LogP contribution >= 0.6 is 0 Å². The Hall–Kier alpha value is -1.73. The Morgan fingerprint density at radius 2 is 2.22 bits per heavy atom. The molecule has 7 nitrogen and oxygen atoms in total. The molecule has 0 aromatic carbocycles. The molecule has 23 heavy (non-hydrogen) atoms. The van der Waals surface area contributed by atoms with Crippen LogP contribution in [-0.4, -0.2) is 60.3 Å². The van der Waals surface area contributed by atoms with Gasteiger partial charge in [-0.25, -0.2) is 9.67 Å². The van der Waals surface area contributed by atoms with Crippen LogP contribution in [0.15, 0.2) is 18.5 Å². The Morgan fingerprint density at radius 3 is 2.91 bits per heavy atom. The van der Waals surface area contributed by atoms with Gasteiger partial charge in [-0.15, -0.1) is 0 Å². The van der Waals surface area contributed by atoms with Crippen molar-refractivity contribution in [1.82, 2.24) is 29.4 Å². The van der Waals surface area contributed by atoms with Gasteiger partial charge in [-0.1, -0.05) is 0 Å². The smallest absolute Gasteiger partial charge is 0.147 e. The summed E-state index contributed by atoms with van der Waals surface area (Å²) in [4.78, 5) is 6.74. The molecular weight excluding hydrogens is 292 g/mol. The number of aromatic nitrogens is 5. The lowest BCUT2D eigenvalue weighted by atomic mass is 9.97. The summed E-state index contributed by atoms with van der Waals surface area (Å²) in [5.41, 5.74) is 0. The van der Waals surface area contributed by atoms with Gasteiger partial charge in [0.2, 0.25) is 0 Å². The maximum Gasteiger partial charge on any atom is 0.147 e. The van der Waals surface area contributed by atoms with Crippen molar-refractivity contribution in [2.75, 3.05) is 19.6 Å². The highest BCUT2D eigenvalue weighted by Crippen LogP contribution is 2.19. The van der Waals surface area contributed by atoms with Gasteiger partial charge in [0, 0.05) is 32.0 Å². The number of aliphatic hydroxyl groups is 1. The van der Waals surface area contributed by atoms with Gasteiger partial charge < -0.3 is 10.0 Å². The van der Waals surface area contributed by atoms with Gasteiger partial charge in [0.25, 0.3) is 0 Å². The molecule has 0 radical (unpaired) electrons. The Morgan fingerprint density at radius 1 is 1.35 bits per heavy atom. The van der Waals surface area contributed by atoms with Crippen LogP contribution in [0.25, 0.3) is 0 Å². The third kappa shape index (κ3) is 4.39. The minimum Gasteiger partial charge on any atom is -0.390 e. The first kappa shape index (κ1) is 16.1. The molecule has 1 saturated heterocycles. The lowest BCUT2D eigenvalue weighted by Gasteiger charge is -2.34. The molecule has 0 unspecified atom stereocenters. The third-order valence-electron chi connectivity index (χ3n) is 4.42. The van der Waals surface area contributed by atoms with E-state index in [0.29, 0.717) is 19.0 Å². The highest BCUT2D eigenvalue weighted by atomic mass is 16.3. The molecule has 0 saturated carbocycles. The standard InChI is InChI=1S/C16H26N6O/c1-13-18-14(2)22(19-13)10-15-5-3-7-20(9-15)11-16(23)12-21-8-4-6-17-21/h4,6,8,15-16,23H,3,5,7,9-12H2,1-2H3/t15-,16+/m0/s1.